The molecule has 0 atom stereocenters. The number of benzene rings is 1. The molecule has 0 aliphatic heterocycles. The predicted molar refractivity (Wildman–Crippen MR) is 62.0 cm³/mol. The van der Waals surface area contributed by atoms with Gasteiger partial charge < -0.3 is 14.8 Å². The molecule has 0 bridgehead atoms. The van der Waals surface area contributed by atoms with Crippen molar-refractivity contribution in [2.45, 2.75) is 6.92 Å². The first-order chi connectivity index (χ1) is 8.19. The molecule has 17 heavy (non-hydrogen) atoms. The van der Waals surface area contributed by atoms with Crippen molar-refractivity contribution in [2.75, 3.05) is 20.3 Å². The maximum Gasteiger partial charge on any atom is 0.342 e. The Morgan fingerprint density at radius 1 is 1.29 bits per heavy atom. The van der Waals surface area contributed by atoms with Gasteiger partial charge in [0.15, 0.2) is 6.61 Å². The average molecular weight is 237 g/mol. The Kier molecular flexibility index (Phi) is 5.00. The Morgan fingerprint density at radius 2 is 2.00 bits per heavy atom. The zero-order valence-electron chi connectivity index (χ0n) is 9.86. The molecule has 0 saturated heterocycles. The molecule has 0 aliphatic rings. The fourth-order valence-electron chi connectivity index (χ4n) is 1.20. The molecule has 1 aromatic carbocycles. The number of amides is 1. The van der Waals surface area contributed by atoms with Gasteiger partial charge >= 0.3 is 5.97 Å². The van der Waals surface area contributed by atoms with E-state index in [1.54, 1.807) is 24.3 Å². The summed E-state index contributed by atoms with van der Waals surface area (Å²) in [6.07, 6.45) is 0. The molecule has 0 aromatic heterocycles. The minimum absolute atomic E-state index is 0.296. The molecule has 0 aliphatic carbocycles. The van der Waals surface area contributed by atoms with E-state index in [4.69, 9.17) is 9.47 Å². The molecule has 0 radical (unpaired) electrons. The van der Waals surface area contributed by atoms with E-state index in [1.165, 1.54) is 7.05 Å². The van der Waals surface area contributed by atoms with Gasteiger partial charge in [-0.2, -0.15) is 0 Å². The van der Waals surface area contributed by atoms with Crippen LogP contribution in [0.2, 0.25) is 0 Å². The van der Waals surface area contributed by atoms with Crippen LogP contribution in [-0.2, 0) is 9.53 Å². The van der Waals surface area contributed by atoms with E-state index in [-0.39, 0.29) is 12.5 Å². The van der Waals surface area contributed by atoms with Crippen molar-refractivity contribution < 1.29 is 19.1 Å². The highest BCUT2D eigenvalue weighted by Crippen LogP contribution is 2.18. The molecule has 0 unspecified atom stereocenters. The zero-order chi connectivity index (χ0) is 12.7. The van der Waals surface area contributed by atoms with Crippen LogP contribution in [0.5, 0.6) is 5.75 Å². The van der Waals surface area contributed by atoms with Crippen LogP contribution < -0.4 is 10.1 Å². The molecular weight excluding hydrogens is 222 g/mol. The molecule has 5 heteroatoms. The molecule has 1 rings (SSSR count). The van der Waals surface area contributed by atoms with Crippen LogP contribution in [-0.4, -0.2) is 32.1 Å². The van der Waals surface area contributed by atoms with E-state index in [0.29, 0.717) is 17.9 Å². The highest BCUT2D eigenvalue weighted by atomic mass is 16.5. The first kappa shape index (κ1) is 13.0. The number of ether oxygens (including phenoxy) is 2. The minimum Gasteiger partial charge on any atom is -0.493 e. The van der Waals surface area contributed by atoms with Crippen LogP contribution in [0.15, 0.2) is 24.3 Å². The molecular formula is C12H15NO4. The van der Waals surface area contributed by atoms with Crippen LogP contribution in [0, 0.1) is 0 Å². The summed E-state index contributed by atoms with van der Waals surface area (Å²) in [5.41, 5.74) is 0.318. The summed E-state index contributed by atoms with van der Waals surface area (Å²) in [6, 6.07) is 6.75. The third-order valence-corrected chi connectivity index (χ3v) is 2.02. The Hall–Kier alpha value is -2.04. The van der Waals surface area contributed by atoms with E-state index in [0.717, 1.165) is 0 Å². The summed E-state index contributed by atoms with van der Waals surface area (Å²) in [4.78, 5) is 22.6. The van der Waals surface area contributed by atoms with Gasteiger partial charge in [0.2, 0.25) is 0 Å². The molecule has 1 N–H and O–H groups in total. The van der Waals surface area contributed by atoms with Crippen LogP contribution in [0.25, 0.3) is 0 Å². The number of hydrogen-bond donors (Lipinski definition) is 1. The number of hydrogen-bond acceptors (Lipinski definition) is 4. The average Bonchev–Trinajstić information content (AvgIpc) is 2.36. The molecule has 0 spiro atoms. The molecule has 92 valence electrons. The maximum absolute atomic E-state index is 11.7. The fourth-order valence-corrected chi connectivity index (χ4v) is 1.20. The molecule has 0 saturated carbocycles. The lowest BCUT2D eigenvalue weighted by molar-refractivity contribution is -0.123. The lowest BCUT2D eigenvalue weighted by atomic mass is 10.2. The number of para-hydroxylation sites is 1. The van der Waals surface area contributed by atoms with E-state index in [2.05, 4.69) is 5.32 Å². The van der Waals surface area contributed by atoms with Crippen molar-refractivity contribution in [3.63, 3.8) is 0 Å². The molecule has 5 nitrogen and oxygen atoms in total. The number of carbonyl (C=O) groups is 2. The third kappa shape index (κ3) is 3.79. The quantitative estimate of drug-likeness (QED) is 0.775. The number of carbonyl (C=O) groups excluding carboxylic acids is 2. The largest absolute Gasteiger partial charge is 0.493 e. The van der Waals surface area contributed by atoms with E-state index < -0.39 is 5.97 Å². The first-order valence-electron chi connectivity index (χ1n) is 5.28. The zero-order valence-corrected chi connectivity index (χ0v) is 9.86. The number of likely N-dealkylation sites (N-methyl/N-ethyl adjacent to an activating group) is 1. The summed E-state index contributed by atoms with van der Waals surface area (Å²) >= 11 is 0. The van der Waals surface area contributed by atoms with Crippen LogP contribution in [0.3, 0.4) is 0 Å². The second kappa shape index (κ2) is 6.52. The molecule has 0 heterocycles. The second-order valence-corrected chi connectivity index (χ2v) is 3.18. The van der Waals surface area contributed by atoms with Gasteiger partial charge in [0.05, 0.1) is 6.61 Å². The van der Waals surface area contributed by atoms with E-state index in [1.807, 2.05) is 6.92 Å². The maximum atomic E-state index is 11.7. The normalized spacial score (nSPS) is 9.53. The number of rotatable bonds is 5. The van der Waals surface area contributed by atoms with Gasteiger partial charge in [-0.25, -0.2) is 4.79 Å². The van der Waals surface area contributed by atoms with Crippen molar-refractivity contribution in [3.8, 4) is 5.75 Å². The topological polar surface area (TPSA) is 64.6 Å². The summed E-state index contributed by atoms with van der Waals surface area (Å²) in [7, 11) is 1.48. The standard InChI is InChI=1S/C12H15NO4/c1-3-16-10-7-5-4-6-9(10)12(15)17-8-11(14)13-2/h4-7H,3,8H2,1-2H3,(H,13,14). The van der Waals surface area contributed by atoms with E-state index >= 15 is 0 Å². The lowest BCUT2D eigenvalue weighted by Gasteiger charge is -2.09. The van der Waals surface area contributed by atoms with Crippen LogP contribution >= 0.6 is 0 Å². The van der Waals surface area contributed by atoms with Gasteiger partial charge in [-0.15, -0.1) is 0 Å². The monoisotopic (exact) mass is 237 g/mol. The highest BCUT2D eigenvalue weighted by Gasteiger charge is 2.14. The van der Waals surface area contributed by atoms with Gasteiger partial charge in [0.1, 0.15) is 11.3 Å². The molecule has 0 fully saturated rings. The SMILES string of the molecule is CCOc1ccccc1C(=O)OCC(=O)NC. The van der Waals surface area contributed by atoms with Crippen LogP contribution in [0.4, 0.5) is 0 Å². The van der Waals surface area contributed by atoms with E-state index in [9.17, 15) is 9.59 Å². The van der Waals surface area contributed by atoms with Crippen LogP contribution in [0.1, 0.15) is 17.3 Å². The Balaban J connectivity index is 2.71. The summed E-state index contributed by atoms with van der Waals surface area (Å²) in [6.45, 7) is 1.99. The summed E-state index contributed by atoms with van der Waals surface area (Å²) < 4.78 is 10.1. The van der Waals surface area contributed by atoms with Crippen molar-refractivity contribution in [2.24, 2.45) is 0 Å². The second-order valence-electron chi connectivity index (χ2n) is 3.18. The van der Waals surface area contributed by atoms with Gasteiger partial charge in [0, 0.05) is 7.05 Å². The Morgan fingerprint density at radius 3 is 2.65 bits per heavy atom. The Bertz CT molecular complexity index is 403. The van der Waals surface area contributed by atoms with Gasteiger partial charge in [0.25, 0.3) is 5.91 Å². The Labute approximate surface area is 99.7 Å². The number of esters is 1. The molecule has 1 aromatic rings. The van der Waals surface area contributed by atoms with Gasteiger partial charge in [-0.3, -0.25) is 4.79 Å². The predicted octanol–water partition coefficient (Wildman–Crippen LogP) is 0.988. The summed E-state index contributed by atoms with van der Waals surface area (Å²) in [5.74, 6) is -0.471. The fraction of sp³-hybridized carbons (Fsp3) is 0.333. The van der Waals surface area contributed by atoms with Crippen molar-refractivity contribution in [1.29, 1.82) is 0 Å². The minimum atomic E-state index is -0.572. The van der Waals surface area contributed by atoms with Crippen molar-refractivity contribution in [1.82, 2.24) is 5.32 Å². The van der Waals surface area contributed by atoms with Crippen molar-refractivity contribution in [3.05, 3.63) is 29.8 Å². The van der Waals surface area contributed by atoms with Gasteiger partial charge in [-0.1, -0.05) is 12.1 Å². The lowest BCUT2D eigenvalue weighted by Crippen LogP contribution is -2.25. The highest BCUT2D eigenvalue weighted by molar-refractivity contribution is 5.93. The first-order valence-corrected chi connectivity index (χ1v) is 5.28. The van der Waals surface area contributed by atoms with Gasteiger partial charge in [-0.05, 0) is 19.1 Å². The summed E-state index contributed by atoms with van der Waals surface area (Å²) in [5, 5.41) is 2.36. The molecule has 1 amide bonds. The smallest absolute Gasteiger partial charge is 0.342 e. The third-order valence-electron chi connectivity index (χ3n) is 2.02. The number of nitrogens with one attached hydrogen (secondary N) is 1. The van der Waals surface area contributed by atoms with Crippen molar-refractivity contribution >= 4 is 11.9 Å².